The summed E-state index contributed by atoms with van der Waals surface area (Å²) < 4.78 is 5.40. The third-order valence-corrected chi connectivity index (χ3v) is 3.45. The molecule has 2 aromatic rings. The molecule has 0 atom stereocenters. The lowest BCUT2D eigenvalue weighted by molar-refractivity contribution is 0.0961. The quantitative estimate of drug-likeness (QED) is 0.905. The molecule has 0 spiro atoms. The van der Waals surface area contributed by atoms with Gasteiger partial charge in [-0.2, -0.15) is 0 Å². The number of amides is 2. The highest BCUT2D eigenvalue weighted by atomic mass is 79.9. The summed E-state index contributed by atoms with van der Waals surface area (Å²) in [5.41, 5.74) is 2.34. The summed E-state index contributed by atoms with van der Waals surface area (Å²) in [5.74, 6) is -0.507. The molecule has 6 heteroatoms. The minimum Gasteiger partial charge on any atom is -0.457 e. The number of carbonyl (C=O) groups excluding carboxylic acids is 2. The number of nitrogens with one attached hydrogen (secondary N) is 2. The Kier molecular flexibility index (Phi) is 4.24. The van der Waals surface area contributed by atoms with Crippen molar-refractivity contribution in [2.24, 2.45) is 0 Å². The minimum atomic E-state index is -0.303. The fraction of sp³-hybridized carbons (Fsp3) is 0.143. The summed E-state index contributed by atoms with van der Waals surface area (Å²) >= 11 is 3.16. The lowest BCUT2D eigenvalue weighted by Gasteiger charge is -2.09. The SMILES string of the molecule is CNC(=O)c1ccc(C)c(NC(=O)c2ccoc2Br)c1. The second-order valence-electron chi connectivity index (χ2n) is 4.17. The standard InChI is InChI=1S/C14H13BrN2O3/c1-8-3-4-9(13(18)16-2)7-11(8)17-14(19)10-5-6-20-12(10)15/h3-7H,1-2H3,(H,16,18)(H,17,19). The van der Waals surface area contributed by atoms with Crippen LogP contribution in [0.2, 0.25) is 0 Å². The van der Waals surface area contributed by atoms with Crippen LogP contribution in [0.5, 0.6) is 0 Å². The fourth-order valence-corrected chi connectivity index (χ4v) is 2.11. The predicted octanol–water partition coefficient (Wildman–Crippen LogP) is 2.96. The van der Waals surface area contributed by atoms with Crippen LogP contribution in [-0.4, -0.2) is 18.9 Å². The maximum atomic E-state index is 12.1. The topological polar surface area (TPSA) is 71.3 Å². The van der Waals surface area contributed by atoms with E-state index in [2.05, 4.69) is 26.6 Å². The van der Waals surface area contributed by atoms with E-state index in [0.717, 1.165) is 5.56 Å². The Labute approximate surface area is 124 Å². The molecule has 1 heterocycles. The van der Waals surface area contributed by atoms with E-state index in [9.17, 15) is 9.59 Å². The van der Waals surface area contributed by atoms with Gasteiger partial charge in [-0.1, -0.05) is 6.07 Å². The van der Waals surface area contributed by atoms with Crippen LogP contribution in [0.1, 0.15) is 26.3 Å². The first-order valence-corrected chi connectivity index (χ1v) is 6.69. The molecular weight excluding hydrogens is 324 g/mol. The molecule has 0 saturated heterocycles. The molecule has 0 aliphatic heterocycles. The Morgan fingerprint density at radius 3 is 2.55 bits per heavy atom. The first-order valence-electron chi connectivity index (χ1n) is 5.90. The molecule has 1 aromatic heterocycles. The zero-order valence-electron chi connectivity index (χ0n) is 11.0. The normalized spacial score (nSPS) is 10.2. The van der Waals surface area contributed by atoms with E-state index in [4.69, 9.17) is 4.42 Å². The molecule has 20 heavy (non-hydrogen) atoms. The molecule has 0 aliphatic rings. The van der Waals surface area contributed by atoms with Gasteiger partial charge in [0.25, 0.3) is 11.8 Å². The predicted molar refractivity (Wildman–Crippen MR) is 78.9 cm³/mol. The second kappa shape index (κ2) is 5.92. The van der Waals surface area contributed by atoms with Crippen molar-refractivity contribution in [2.75, 3.05) is 12.4 Å². The smallest absolute Gasteiger partial charge is 0.260 e. The molecule has 2 N–H and O–H groups in total. The first-order chi connectivity index (χ1) is 9.52. The highest BCUT2D eigenvalue weighted by Gasteiger charge is 2.14. The summed E-state index contributed by atoms with van der Waals surface area (Å²) in [6, 6.07) is 6.69. The van der Waals surface area contributed by atoms with Crippen molar-refractivity contribution < 1.29 is 14.0 Å². The highest BCUT2D eigenvalue weighted by Crippen LogP contribution is 2.21. The van der Waals surface area contributed by atoms with Gasteiger partial charge in [0.15, 0.2) is 4.67 Å². The number of anilines is 1. The summed E-state index contributed by atoms with van der Waals surface area (Å²) in [5, 5.41) is 5.31. The van der Waals surface area contributed by atoms with Gasteiger partial charge in [-0.05, 0) is 46.6 Å². The van der Waals surface area contributed by atoms with Gasteiger partial charge in [-0.25, -0.2) is 0 Å². The Bertz CT molecular complexity index is 664. The Morgan fingerprint density at radius 1 is 1.20 bits per heavy atom. The number of carbonyl (C=O) groups is 2. The van der Waals surface area contributed by atoms with Crippen LogP contribution in [0.15, 0.2) is 39.6 Å². The number of hydrogen-bond acceptors (Lipinski definition) is 3. The monoisotopic (exact) mass is 336 g/mol. The van der Waals surface area contributed by atoms with Gasteiger partial charge in [0, 0.05) is 18.3 Å². The average molecular weight is 337 g/mol. The highest BCUT2D eigenvalue weighted by molar-refractivity contribution is 9.10. The largest absolute Gasteiger partial charge is 0.457 e. The summed E-state index contributed by atoms with van der Waals surface area (Å²) in [6.07, 6.45) is 1.42. The number of halogens is 1. The minimum absolute atomic E-state index is 0.204. The third-order valence-electron chi connectivity index (χ3n) is 2.84. The molecule has 0 saturated carbocycles. The molecular formula is C14H13BrN2O3. The van der Waals surface area contributed by atoms with Crippen LogP contribution < -0.4 is 10.6 Å². The van der Waals surface area contributed by atoms with Gasteiger partial charge < -0.3 is 15.1 Å². The van der Waals surface area contributed by atoms with E-state index in [-0.39, 0.29) is 11.8 Å². The van der Waals surface area contributed by atoms with Crippen LogP contribution in [0, 0.1) is 6.92 Å². The molecule has 2 rings (SSSR count). The van der Waals surface area contributed by atoms with Gasteiger partial charge in [-0.3, -0.25) is 9.59 Å². The van der Waals surface area contributed by atoms with Crippen molar-refractivity contribution in [2.45, 2.75) is 6.92 Å². The van der Waals surface area contributed by atoms with E-state index >= 15 is 0 Å². The number of hydrogen-bond donors (Lipinski definition) is 2. The maximum Gasteiger partial charge on any atom is 0.260 e. The Morgan fingerprint density at radius 2 is 1.95 bits per heavy atom. The van der Waals surface area contributed by atoms with E-state index < -0.39 is 0 Å². The summed E-state index contributed by atoms with van der Waals surface area (Å²) in [7, 11) is 1.56. The fourth-order valence-electron chi connectivity index (χ4n) is 1.69. The van der Waals surface area contributed by atoms with Crippen molar-refractivity contribution in [1.29, 1.82) is 0 Å². The summed E-state index contributed by atoms with van der Waals surface area (Å²) in [4.78, 5) is 23.7. The third kappa shape index (κ3) is 2.91. The van der Waals surface area contributed by atoms with Crippen molar-refractivity contribution in [1.82, 2.24) is 5.32 Å². The molecule has 0 unspecified atom stereocenters. The van der Waals surface area contributed by atoms with Crippen molar-refractivity contribution in [3.05, 3.63) is 51.9 Å². The zero-order valence-corrected chi connectivity index (χ0v) is 12.6. The van der Waals surface area contributed by atoms with Crippen molar-refractivity contribution >= 4 is 33.4 Å². The number of aryl methyl sites for hydroxylation is 1. The Hall–Kier alpha value is -2.08. The number of benzene rings is 1. The second-order valence-corrected chi connectivity index (χ2v) is 4.89. The number of furan rings is 1. The van der Waals surface area contributed by atoms with Crippen LogP contribution in [0.4, 0.5) is 5.69 Å². The van der Waals surface area contributed by atoms with Crippen LogP contribution >= 0.6 is 15.9 Å². The zero-order chi connectivity index (χ0) is 14.7. The van der Waals surface area contributed by atoms with Gasteiger partial charge >= 0.3 is 0 Å². The van der Waals surface area contributed by atoms with Crippen molar-refractivity contribution in [3.63, 3.8) is 0 Å². The van der Waals surface area contributed by atoms with E-state index in [0.29, 0.717) is 21.5 Å². The lowest BCUT2D eigenvalue weighted by Crippen LogP contribution is -2.19. The first kappa shape index (κ1) is 14.3. The average Bonchev–Trinajstić information content (AvgIpc) is 2.86. The molecule has 0 radical (unpaired) electrons. The van der Waals surface area contributed by atoms with Gasteiger partial charge in [0.05, 0.1) is 11.8 Å². The molecule has 0 fully saturated rings. The van der Waals surface area contributed by atoms with Crippen LogP contribution in [-0.2, 0) is 0 Å². The molecule has 1 aromatic carbocycles. The molecule has 104 valence electrons. The van der Waals surface area contributed by atoms with Gasteiger partial charge in [0.1, 0.15) is 0 Å². The molecule has 2 amide bonds. The van der Waals surface area contributed by atoms with Crippen molar-refractivity contribution in [3.8, 4) is 0 Å². The molecule has 0 aliphatic carbocycles. The molecule has 5 nitrogen and oxygen atoms in total. The maximum absolute atomic E-state index is 12.1. The van der Waals surface area contributed by atoms with E-state index in [1.165, 1.54) is 6.26 Å². The van der Waals surface area contributed by atoms with Crippen LogP contribution in [0.3, 0.4) is 0 Å². The molecule has 0 bridgehead atoms. The van der Waals surface area contributed by atoms with Gasteiger partial charge in [0.2, 0.25) is 0 Å². The van der Waals surface area contributed by atoms with Crippen LogP contribution in [0.25, 0.3) is 0 Å². The van der Waals surface area contributed by atoms with E-state index in [1.54, 1.807) is 31.3 Å². The van der Waals surface area contributed by atoms with Gasteiger partial charge in [-0.15, -0.1) is 0 Å². The Balaban J connectivity index is 2.27. The van der Waals surface area contributed by atoms with E-state index in [1.807, 2.05) is 6.92 Å². The lowest BCUT2D eigenvalue weighted by atomic mass is 10.1. The number of rotatable bonds is 3. The summed E-state index contributed by atoms with van der Waals surface area (Å²) in [6.45, 7) is 1.85.